The molecule has 0 saturated carbocycles. The molecule has 0 spiro atoms. The van der Waals surface area contributed by atoms with Crippen molar-refractivity contribution in [1.29, 1.82) is 0 Å². The Morgan fingerprint density at radius 2 is 1.13 bits per heavy atom. The van der Waals surface area contributed by atoms with E-state index in [1.807, 2.05) is 91.0 Å². The molecule has 0 aliphatic rings. The predicted octanol–water partition coefficient (Wildman–Crippen LogP) is 5.80. The Kier molecular flexibility index (Phi) is 6.73. The Bertz CT molecular complexity index is 1040. The maximum atomic E-state index is 12.6. The highest BCUT2D eigenvalue weighted by atomic mass is 16.5. The van der Waals surface area contributed by atoms with Crippen molar-refractivity contribution >= 4 is 11.6 Å². The van der Waals surface area contributed by atoms with Gasteiger partial charge >= 0.3 is 0 Å². The third-order valence-corrected chi connectivity index (χ3v) is 4.85. The lowest BCUT2D eigenvalue weighted by molar-refractivity contribution is -0.115. The maximum Gasteiger partial charge on any atom is 0.238 e. The molecule has 0 atom stereocenters. The van der Waals surface area contributed by atoms with Crippen molar-refractivity contribution in [2.45, 2.75) is 6.04 Å². The molecule has 0 aromatic heterocycles. The third kappa shape index (κ3) is 5.81. The van der Waals surface area contributed by atoms with E-state index in [0.29, 0.717) is 0 Å². The predicted molar refractivity (Wildman–Crippen MR) is 124 cm³/mol. The largest absolute Gasteiger partial charge is 0.457 e. The average molecular weight is 409 g/mol. The molecular formula is C27H24N2O2. The first kappa shape index (κ1) is 20.4. The number of para-hydroxylation sites is 1. The first-order valence-corrected chi connectivity index (χ1v) is 10.2. The number of ether oxygens (including phenoxy) is 1. The zero-order valence-electron chi connectivity index (χ0n) is 17.1. The lowest BCUT2D eigenvalue weighted by atomic mass is 9.99. The van der Waals surface area contributed by atoms with Gasteiger partial charge in [-0.15, -0.1) is 0 Å². The number of carbonyl (C=O) groups is 1. The van der Waals surface area contributed by atoms with Crippen molar-refractivity contribution in [2.24, 2.45) is 0 Å². The molecule has 0 radical (unpaired) electrons. The molecule has 0 saturated heterocycles. The van der Waals surface area contributed by atoms with Crippen LogP contribution in [-0.4, -0.2) is 12.5 Å². The van der Waals surface area contributed by atoms with Crippen LogP contribution in [0.4, 0.5) is 5.69 Å². The molecule has 2 N–H and O–H groups in total. The minimum absolute atomic E-state index is 0.0604. The molecule has 0 heterocycles. The van der Waals surface area contributed by atoms with Crippen LogP contribution < -0.4 is 15.4 Å². The summed E-state index contributed by atoms with van der Waals surface area (Å²) in [5.41, 5.74) is 2.95. The number of benzene rings is 4. The fraction of sp³-hybridized carbons (Fsp3) is 0.0741. The molecule has 1 amide bonds. The molecule has 4 aromatic rings. The van der Waals surface area contributed by atoms with E-state index in [-0.39, 0.29) is 18.5 Å². The molecule has 4 aromatic carbocycles. The van der Waals surface area contributed by atoms with Gasteiger partial charge in [0.25, 0.3) is 0 Å². The van der Waals surface area contributed by atoms with Gasteiger partial charge < -0.3 is 10.1 Å². The molecule has 31 heavy (non-hydrogen) atoms. The number of amides is 1. The zero-order valence-corrected chi connectivity index (χ0v) is 17.1. The molecule has 4 rings (SSSR count). The quantitative estimate of drug-likeness (QED) is 0.388. The summed E-state index contributed by atoms with van der Waals surface area (Å²) >= 11 is 0. The SMILES string of the molecule is O=C(CNC(c1ccccc1)c1ccccc1)Nc1ccc(Oc2ccccc2)cc1. The van der Waals surface area contributed by atoms with Gasteiger partial charge in [0.1, 0.15) is 11.5 Å². The van der Waals surface area contributed by atoms with Crippen LogP contribution in [0.15, 0.2) is 115 Å². The van der Waals surface area contributed by atoms with Gasteiger partial charge in [-0.25, -0.2) is 0 Å². The first-order chi connectivity index (χ1) is 15.3. The van der Waals surface area contributed by atoms with Crippen molar-refractivity contribution in [3.05, 3.63) is 126 Å². The summed E-state index contributed by atoms with van der Waals surface area (Å²) < 4.78 is 5.79. The number of carbonyl (C=O) groups excluding carboxylic acids is 1. The third-order valence-electron chi connectivity index (χ3n) is 4.85. The van der Waals surface area contributed by atoms with Gasteiger partial charge in [0.15, 0.2) is 0 Å². The molecule has 154 valence electrons. The summed E-state index contributed by atoms with van der Waals surface area (Å²) in [7, 11) is 0. The summed E-state index contributed by atoms with van der Waals surface area (Å²) in [6.07, 6.45) is 0. The highest BCUT2D eigenvalue weighted by molar-refractivity contribution is 5.92. The highest BCUT2D eigenvalue weighted by Crippen LogP contribution is 2.23. The van der Waals surface area contributed by atoms with Crippen molar-refractivity contribution in [3.63, 3.8) is 0 Å². The van der Waals surface area contributed by atoms with E-state index in [2.05, 4.69) is 34.9 Å². The summed E-state index contributed by atoms with van der Waals surface area (Å²) in [5, 5.41) is 6.31. The van der Waals surface area contributed by atoms with Crippen LogP contribution in [0.5, 0.6) is 11.5 Å². The summed E-state index contributed by atoms with van der Waals surface area (Å²) in [6.45, 7) is 0.191. The van der Waals surface area contributed by atoms with E-state index in [9.17, 15) is 4.79 Å². The summed E-state index contributed by atoms with van der Waals surface area (Å²) in [6, 6.07) is 37.1. The Balaban J connectivity index is 1.36. The second-order valence-corrected chi connectivity index (χ2v) is 7.12. The fourth-order valence-electron chi connectivity index (χ4n) is 3.35. The molecule has 0 bridgehead atoms. The van der Waals surface area contributed by atoms with Gasteiger partial charge in [0, 0.05) is 5.69 Å². The van der Waals surface area contributed by atoms with Gasteiger partial charge in [-0.05, 0) is 47.5 Å². The Hall–Kier alpha value is -3.89. The van der Waals surface area contributed by atoms with E-state index in [4.69, 9.17) is 4.74 Å². The van der Waals surface area contributed by atoms with Crippen molar-refractivity contribution in [3.8, 4) is 11.5 Å². The molecule has 0 fully saturated rings. The first-order valence-electron chi connectivity index (χ1n) is 10.2. The summed E-state index contributed by atoms with van der Waals surface area (Å²) in [5.74, 6) is 1.39. The van der Waals surface area contributed by atoms with Crippen molar-refractivity contribution < 1.29 is 9.53 Å². The van der Waals surface area contributed by atoms with Gasteiger partial charge in [-0.1, -0.05) is 78.9 Å². The molecule has 0 aliphatic heterocycles. The van der Waals surface area contributed by atoms with Crippen LogP contribution in [0.25, 0.3) is 0 Å². The molecule has 0 aliphatic carbocycles. The zero-order chi connectivity index (χ0) is 21.3. The van der Waals surface area contributed by atoms with Crippen LogP contribution in [0.3, 0.4) is 0 Å². The van der Waals surface area contributed by atoms with Crippen molar-refractivity contribution in [1.82, 2.24) is 5.32 Å². The van der Waals surface area contributed by atoms with E-state index >= 15 is 0 Å². The summed E-state index contributed by atoms with van der Waals surface area (Å²) in [4.78, 5) is 12.6. The van der Waals surface area contributed by atoms with Crippen LogP contribution in [0, 0.1) is 0 Å². The van der Waals surface area contributed by atoms with Gasteiger partial charge in [-0.2, -0.15) is 0 Å². The smallest absolute Gasteiger partial charge is 0.238 e. The number of rotatable bonds is 8. The minimum atomic E-state index is -0.103. The van der Waals surface area contributed by atoms with Crippen LogP contribution in [0.2, 0.25) is 0 Å². The van der Waals surface area contributed by atoms with Gasteiger partial charge in [0.05, 0.1) is 12.6 Å². The second-order valence-electron chi connectivity index (χ2n) is 7.12. The standard InChI is InChI=1S/C27H24N2O2/c30-26(29-23-16-18-25(19-17-23)31-24-14-8-3-9-15-24)20-28-27(21-10-4-1-5-11-21)22-12-6-2-7-13-22/h1-19,27-28H,20H2,(H,29,30). The topological polar surface area (TPSA) is 50.4 Å². The van der Waals surface area contributed by atoms with E-state index in [1.54, 1.807) is 0 Å². The van der Waals surface area contributed by atoms with Crippen LogP contribution in [0.1, 0.15) is 17.2 Å². The lowest BCUT2D eigenvalue weighted by Crippen LogP contribution is -2.31. The lowest BCUT2D eigenvalue weighted by Gasteiger charge is -2.19. The normalized spacial score (nSPS) is 10.6. The second kappa shape index (κ2) is 10.2. The number of anilines is 1. The number of hydrogen-bond acceptors (Lipinski definition) is 3. The van der Waals surface area contributed by atoms with E-state index in [0.717, 1.165) is 28.3 Å². The fourth-order valence-corrected chi connectivity index (χ4v) is 3.35. The molecule has 0 unspecified atom stereocenters. The monoisotopic (exact) mass is 408 g/mol. The van der Waals surface area contributed by atoms with Gasteiger partial charge in [-0.3, -0.25) is 10.1 Å². The number of nitrogens with one attached hydrogen (secondary N) is 2. The van der Waals surface area contributed by atoms with E-state index < -0.39 is 0 Å². The van der Waals surface area contributed by atoms with E-state index in [1.165, 1.54) is 0 Å². The minimum Gasteiger partial charge on any atom is -0.457 e. The molecular weight excluding hydrogens is 384 g/mol. The maximum absolute atomic E-state index is 12.6. The Morgan fingerprint density at radius 1 is 0.645 bits per heavy atom. The van der Waals surface area contributed by atoms with Crippen LogP contribution in [-0.2, 0) is 4.79 Å². The molecule has 4 heteroatoms. The Morgan fingerprint density at radius 3 is 1.68 bits per heavy atom. The van der Waals surface area contributed by atoms with Crippen molar-refractivity contribution in [2.75, 3.05) is 11.9 Å². The number of hydrogen-bond donors (Lipinski definition) is 2. The highest BCUT2D eigenvalue weighted by Gasteiger charge is 2.14. The molecule has 4 nitrogen and oxygen atoms in total. The van der Waals surface area contributed by atoms with Crippen LogP contribution >= 0.6 is 0 Å². The average Bonchev–Trinajstić information content (AvgIpc) is 2.83. The Labute approximate surface area is 182 Å². The van der Waals surface area contributed by atoms with Gasteiger partial charge in [0.2, 0.25) is 5.91 Å².